The number of H-pyrrole nitrogens is 1. The van der Waals surface area contributed by atoms with Crippen molar-refractivity contribution < 1.29 is 14.3 Å². The first kappa shape index (κ1) is 31.0. The molecule has 0 bridgehead atoms. The molecule has 208 valence electrons. The summed E-state index contributed by atoms with van der Waals surface area (Å²) in [4.78, 5) is 41.7. The average Bonchev–Trinajstić information content (AvgIpc) is 3.67. The number of nitrogens with zero attached hydrogens (tertiary/aromatic N) is 5. The van der Waals surface area contributed by atoms with Crippen LogP contribution in [0.3, 0.4) is 0 Å². The zero-order valence-corrected chi connectivity index (χ0v) is 24.1. The number of amides is 2. The van der Waals surface area contributed by atoms with Crippen molar-refractivity contribution in [2.75, 3.05) is 27.2 Å². The van der Waals surface area contributed by atoms with Crippen molar-refractivity contribution >= 4 is 22.7 Å². The molecule has 2 amide bonds. The Kier molecular flexibility index (Phi) is 12.6. The number of hydrogen-bond acceptors (Lipinski definition) is 6. The number of nitrogens with one attached hydrogen (secondary N) is 1. The molecule has 4 heterocycles. The lowest BCUT2D eigenvalue weighted by atomic mass is 10.2. The summed E-state index contributed by atoms with van der Waals surface area (Å²) in [5.41, 5.74) is 3.03. The van der Waals surface area contributed by atoms with Crippen LogP contribution >= 0.6 is 0 Å². The average molecular weight is 533 g/mol. The van der Waals surface area contributed by atoms with E-state index in [1.54, 1.807) is 57.9 Å². The van der Waals surface area contributed by atoms with Gasteiger partial charge < -0.3 is 19.5 Å². The summed E-state index contributed by atoms with van der Waals surface area (Å²) in [6.45, 7) is 11.6. The SMILES string of the molecule is CC.CC.CC(=O)N1CCCC1.CN(C)C(=O)c1ccc(Oc2ccc3[nH]c(-c4cnccn4)cc3c2)cn1. The summed E-state index contributed by atoms with van der Waals surface area (Å²) in [5.74, 6) is 1.32. The van der Waals surface area contributed by atoms with E-state index in [-0.39, 0.29) is 11.8 Å². The molecule has 0 atom stereocenters. The van der Waals surface area contributed by atoms with E-state index in [0.29, 0.717) is 17.2 Å². The molecule has 1 aromatic carbocycles. The molecule has 5 rings (SSSR count). The third kappa shape index (κ3) is 8.91. The van der Waals surface area contributed by atoms with Crippen molar-refractivity contribution in [1.29, 1.82) is 0 Å². The predicted octanol–water partition coefficient (Wildman–Crippen LogP) is 6.20. The maximum Gasteiger partial charge on any atom is 0.271 e. The Morgan fingerprint density at radius 3 is 2.13 bits per heavy atom. The lowest BCUT2D eigenvalue weighted by Gasteiger charge is -2.10. The molecule has 4 aromatic rings. The fraction of sp³-hybridized carbons (Fsp3) is 0.367. The maximum absolute atomic E-state index is 11.9. The summed E-state index contributed by atoms with van der Waals surface area (Å²) in [5, 5.41) is 1.00. The number of hydrogen-bond donors (Lipinski definition) is 1. The van der Waals surface area contributed by atoms with Gasteiger partial charge in [-0.15, -0.1) is 0 Å². The van der Waals surface area contributed by atoms with E-state index in [1.165, 1.54) is 17.7 Å². The van der Waals surface area contributed by atoms with Crippen molar-refractivity contribution in [3.8, 4) is 22.9 Å². The minimum Gasteiger partial charge on any atom is -0.456 e. The molecule has 1 fully saturated rings. The van der Waals surface area contributed by atoms with Gasteiger partial charge in [0.15, 0.2) is 0 Å². The van der Waals surface area contributed by atoms with Gasteiger partial charge in [-0.25, -0.2) is 4.98 Å². The second kappa shape index (κ2) is 15.9. The highest BCUT2D eigenvalue weighted by molar-refractivity contribution is 5.92. The Labute approximate surface area is 231 Å². The molecule has 0 aliphatic carbocycles. The van der Waals surface area contributed by atoms with Crippen LogP contribution < -0.4 is 4.74 Å². The normalized spacial score (nSPS) is 11.7. The predicted molar refractivity (Wildman–Crippen MR) is 156 cm³/mol. The largest absolute Gasteiger partial charge is 0.456 e. The number of pyridine rings is 1. The Morgan fingerprint density at radius 2 is 1.59 bits per heavy atom. The number of benzene rings is 1. The van der Waals surface area contributed by atoms with Crippen molar-refractivity contribution in [3.63, 3.8) is 0 Å². The molecule has 1 aliphatic rings. The number of aromatic amines is 1. The molecule has 0 radical (unpaired) electrons. The molecular weight excluding hydrogens is 492 g/mol. The lowest BCUT2D eigenvalue weighted by molar-refractivity contribution is -0.127. The minimum atomic E-state index is -0.146. The van der Waals surface area contributed by atoms with Gasteiger partial charge >= 0.3 is 0 Å². The van der Waals surface area contributed by atoms with E-state index < -0.39 is 0 Å². The van der Waals surface area contributed by atoms with Crippen molar-refractivity contribution in [2.45, 2.75) is 47.5 Å². The first-order chi connectivity index (χ1) is 18.9. The Morgan fingerprint density at radius 1 is 0.897 bits per heavy atom. The summed E-state index contributed by atoms with van der Waals surface area (Å²) in [6.07, 6.45) is 8.95. The van der Waals surface area contributed by atoms with E-state index in [1.807, 2.05) is 56.9 Å². The van der Waals surface area contributed by atoms with Crippen LogP contribution in [-0.4, -0.2) is 68.7 Å². The van der Waals surface area contributed by atoms with Gasteiger partial charge in [-0.3, -0.25) is 19.6 Å². The Bertz CT molecular complexity index is 1300. The van der Waals surface area contributed by atoms with Gasteiger partial charge in [0.2, 0.25) is 5.91 Å². The van der Waals surface area contributed by atoms with Crippen molar-refractivity contribution in [2.24, 2.45) is 0 Å². The number of carbonyl (C=O) groups is 2. The molecule has 9 nitrogen and oxygen atoms in total. The number of ether oxygens (including phenoxy) is 1. The Balaban J connectivity index is 0.000000375. The van der Waals surface area contributed by atoms with Gasteiger partial charge in [-0.05, 0) is 49.2 Å². The molecule has 1 saturated heterocycles. The van der Waals surface area contributed by atoms with Gasteiger partial charge in [0, 0.05) is 57.4 Å². The number of carbonyl (C=O) groups excluding carboxylic acids is 2. The highest BCUT2D eigenvalue weighted by Gasteiger charge is 2.13. The molecule has 0 spiro atoms. The molecule has 0 saturated carbocycles. The van der Waals surface area contributed by atoms with Crippen LogP contribution in [0.15, 0.2) is 61.2 Å². The first-order valence-corrected chi connectivity index (χ1v) is 13.4. The molecule has 39 heavy (non-hydrogen) atoms. The van der Waals surface area contributed by atoms with E-state index in [4.69, 9.17) is 4.74 Å². The molecular formula is C30H40N6O3. The van der Waals surface area contributed by atoms with Gasteiger partial charge in [-0.2, -0.15) is 0 Å². The number of fused-ring (bicyclic) bond motifs is 1. The van der Waals surface area contributed by atoms with E-state index in [2.05, 4.69) is 19.9 Å². The molecule has 0 unspecified atom stereocenters. The molecule has 1 aliphatic heterocycles. The van der Waals surface area contributed by atoms with Crippen molar-refractivity contribution in [1.82, 2.24) is 29.7 Å². The summed E-state index contributed by atoms with van der Waals surface area (Å²) in [6, 6.07) is 11.1. The molecule has 3 aromatic heterocycles. The van der Waals surface area contributed by atoms with Crippen molar-refractivity contribution in [3.05, 3.63) is 66.9 Å². The third-order valence-corrected chi connectivity index (χ3v) is 5.58. The highest BCUT2D eigenvalue weighted by atomic mass is 16.5. The standard InChI is InChI=1S/C20H17N5O2.C6H11NO.2C2H6/c1-25(2)20(26)17-6-4-15(11-23-17)27-14-3-5-16-13(9-14)10-18(24-16)19-12-21-7-8-22-19;1-6(8)7-4-2-3-5-7;2*1-2/h3-12,24H,1-2H3;2-5H2,1H3;2*1-2H3. The number of likely N-dealkylation sites (tertiary alicyclic amines) is 1. The van der Waals surface area contributed by atoms with Crippen LogP contribution in [0.1, 0.15) is 57.9 Å². The van der Waals surface area contributed by atoms with Crippen LogP contribution in [0.2, 0.25) is 0 Å². The Hall–Kier alpha value is -4.27. The van der Waals surface area contributed by atoms with Crippen LogP contribution in [0.25, 0.3) is 22.3 Å². The van der Waals surface area contributed by atoms with Gasteiger partial charge in [0.25, 0.3) is 5.91 Å². The van der Waals surface area contributed by atoms with Crippen LogP contribution in [0.5, 0.6) is 11.5 Å². The van der Waals surface area contributed by atoms with E-state index >= 15 is 0 Å². The highest BCUT2D eigenvalue weighted by Crippen LogP contribution is 2.28. The summed E-state index contributed by atoms with van der Waals surface area (Å²) < 4.78 is 5.87. The zero-order valence-electron chi connectivity index (χ0n) is 24.1. The van der Waals surface area contributed by atoms with Crippen LogP contribution in [0.4, 0.5) is 0 Å². The minimum absolute atomic E-state index is 0.146. The van der Waals surface area contributed by atoms with Gasteiger partial charge in [0.05, 0.1) is 18.1 Å². The second-order valence-electron chi connectivity index (χ2n) is 8.42. The lowest BCUT2D eigenvalue weighted by Crippen LogP contribution is -2.24. The van der Waals surface area contributed by atoms with Gasteiger partial charge in [-0.1, -0.05) is 27.7 Å². The quantitative estimate of drug-likeness (QED) is 0.336. The van der Waals surface area contributed by atoms with Crippen LogP contribution in [0, 0.1) is 0 Å². The number of rotatable bonds is 4. The monoisotopic (exact) mass is 532 g/mol. The van der Waals surface area contributed by atoms with Crippen LogP contribution in [-0.2, 0) is 4.79 Å². The second-order valence-corrected chi connectivity index (χ2v) is 8.42. The smallest absolute Gasteiger partial charge is 0.271 e. The topological polar surface area (TPSA) is 104 Å². The molecule has 9 heteroatoms. The summed E-state index contributed by atoms with van der Waals surface area (Å²) in [7, 11) is 3.38. The third-order valence-electron chi connectivity index (χ3n) is 5.58. The van der Waals surface area contributed by atoms with E-state index in [9.17, 15) is 9.59 Å². The fourth-order valence-electron chi connectivity index (χ4n) is 3.71. The maximum atomic E-state index is 11.9. The van der Waals surface area contributed by atoms with E-state index in [0.717, 1.165) is 35.4 Å². The number of aromatic nitrogens is 4. The molecule has 1 N–H and O–H groups in total. The fourth-order valence-corrected chi connectivity index (χ4v) is 3.71. The van der Waals surface area contributed by atoms with Gasteiger partial charge in [0.1, 0.15) is 22.9 Å². The first-order valence-electron chi connectivity index (χ1n) is 13.4. The summed E-state index contributed by atoms with van der Waals surface area (Å²) >= 11 is 0. The zero-order chi connectivity index (χ0) is 28.8.